The molecule has 0 aromatic heterocycles. The minimum Gasteiger partial charge on any atom is -0.326 e. The highest BCUT2D eigenvalue weighted by molar-refractivity contribution is 8.01. The molecule has 4 nitrogen and oxygen atoms in total. The Kier molecular flexibility index (Phi) is 2.68. The highest BCUT2D eigenvalue weighted by Crippen LogP contribution is 2.34. The number of carbonyl (C=O) groups is 1. The third kappa shape index (κ3) is 1.86. The summed E-state index contributed by atoms with van der Waals surface area (Å²) >= 11 is 1.40. The predicted octanol–water partition coefficient (Wildman–Crippen LogP) is 0.0773. The zero-order chi connectivity index (χ0) is 10.9. The molecular weight excluding hydrogens is 210 g/mol. The van der Waals surface area contributed by atoms with Gasteiger partial charge < -0.3 is 11.1 Å². The Morgan fingerprint density at radius 1 is 1.47 bits per heavy atom. The summed E-state index contributed by atoms with van der Waals surface area (Å²) in [6, 6.07) is 7.64. The van der Waals surface area contributed by atoms with Crippen molar-refractivity contribution in [2.75, 3.05) is 5.75 Å². The van der Waals surface area contributed by atoms with Crippen molar-refractivity contribution in [2.45, 2.75) is 11.5 Å². The van der Waals surface area contributed by atoms with Gasteiger partial charge >= 0.3 is 0 Å². The van der Waals surface area contributed by atoms with Crippen LogP contribution in [0.15, 0.2) is 24.3 Å². The van der Waals surface area contributed by atoms with Gasteiger partial charge in [-0.25, -0.2) is 0 Å². The van der Waals surface area contributed by atoms with Crippen LogP contribution in [0.4, 0.5) is 0 Å². The standard InChI is InChI=1S/C10H13N3OS/c11-5-7-3-1-2-4-8(7)10(12)13-9(14)6-15-10/h1-4H,5-6,11-12H2,(H,13,14). The molecule has 0 spiro atoms. The Labute approximate surface area is 92.4 Å². The summed E-state index contributed by atoms with van der Waals surface area (Å²) < 4.78 is 0. The lowest BCUT2D eigenvalue weighted by Gasteiger charge is -2.25. The molecule has 1 aliphatic heterocycles. The van der Waals surface area contributed by atoms with Gasteiger partial charge in [-0.2, -0.15) is 0 Å². The number of hydrogen-bond acceptors (Lipinski definition) is 4. The fourth-order valence-corrected chi connectivity index (χ4v) is 2.64. The monoisotopic (exact) mass is 223 g/mol. The molecule has 1 unspecified atom stereocenters. The van der Waals surface area contributed by atoms with E-state index >= 15 is 0 Å². The van der Waals surface area contributed by atoms with Gasteiger partial charge in [-0.1, -0.05) is 24.3 Å². The van der Waals surface area contributed by atoms with E-state index in [2.05, 4.69) is 5.32 Å². The Hall–Kier alpha value is -1.04. The van der Waals surface area contributed by atoms with E-state index in [0.717, 1.165) is 11.1 Å². The van der Waals surface area contributed by atoms with Crippen molar-refractivity contribution in [3.8, 4) is 0 Å². The van der Waals surface area contributed by atoms with Crippen molar-refractivity contribution in [3.05, 3.63) is 35.4 Å². The van der Waals surface area contributed by atoms with Crippen LogP contribution in [0.2, 0.25) is 0 Å². The molecule has 80 valence electrons. The van der Waals surface area contributed by atoms with Crippen LogP contribution in [0.5, 0.6) is 0 Å². The molecule has 0 aliphatic carbocycles. The second-order valence-electron chi connectivity index (χ2n) is 3.43. The molecule has 2 rings (SSSR count). The number of rotatable bonds is 2. The number of carbonyl (C=O) groups excluding carboxylic acids is 1. The van der Waals surface area contributed by atoms with Crippen LogP contribution >= 0.6 is 11.8 Å². The van der Waals surface area contributed by atoms with Crippen molar-refractivity contribution in [1.29, 1.82) is 0 Å². The first-order valence-corrected chi connectivity index (χ1v) is 5.66. The topological polar surface area (TPSA) is 81.1 Å². The quantitative estimate of drug-likeness (QED) is 0.663. The minimum atomic E-state index is -0.812. The number of amides is 1. The first-order valence-electron chi connectivity index (χ1n) is 4.68. The smallest absolute Gasteiger partial charge is 0.232 e. The average Bonchev–Trinajstić information content (AvgIpc) is 2.60. The Bertz CT molecular complexity index is 396. The SMILES string of the molecule is NCc1ccccc1C1(N)NC(=O)CS1. The van der Waals surface area contributed by atoms with Gasteiger partial charge in [-0.3, -0.25) is 10.5 Å². The largest absolute Gasteiger partial charge is 0.326 e. The minimum absolute atomic E-state index is 0.0330. The van der Waals surface area contributed by atoms with Crippen LogP contribution in [0, 0.1) is 0 Å². The number of benzene rings is 1. The van der Waals surface area contributed by atoms with Crippen LogP contribution in [0.3, 0.4) is 0 Å². The lowest BCUT2D eigenvalue weighted by molar-refractivity contribution is -0.118. The molecule has 1 saturated heterocycles. The van der Waals surface area contributed by atoms with Gasteiger partial charge in [-0.05, 0) is 5.56 Å². The molecule has 1 aliphatic rings. The second-order valence-corrected chi connectivity index (χ2v) is 4.66. The zero-order valence-corrected chi connectivity index (χ0v) is 9.01. The van der Waals surface area contributed by atoms with Crippen molar-refractivity contribution >= 4 is 17.7 Å². The van der Waals surface area contributed by atoms with E-state index in [1.165, 1.54) is 11.8 Å². The molecule has 1 aromatic carbocycles. The van der Waals surface area contributed by atoms with Crippen LogP contribution in [-0.2, 0) is 16.3 Å². The van der Waals surface area contributed by atoms with Gasteiger partial charge in [-0.15, -0.1) is 11.8 Å². The second kappa shape index (κ2) is 3.84. The van der Waals surface area contributed by atoms with Crippen LogP contribution in [0.25, 0.3) is 0 Å². The van der Waals surface area contributed by atoms with Gasteiger partial charge in [0.05, 0.1) is 5.75 Å². The van der Waals surface area contributed by atoms with Gasteiger partial charge in [0.15, 0.2) is 4.99 Å². The van der Waals surface area contributed by atoms with Gasteiger partial charge in [0, 0.05) is 12.1 Å². The van der Waals surface area contributed by atoms with Crippen molar-refractivity contribution in [2.24, 2.45) is 11.5 Å². The summed E-state index contributed by atoms with van der Waals surface area (Å²) in [4.78, 5) is 10.4. The Morgan fingerprint density at radius 2 is 2.20 bits per heavy atom. The maximum absolute atomic E-state index is 11.2. The lowest BCUT2D eigenvalue weighted by atomic mass is 10.1. The first kappa shape index (κ1) is 10.5. The summed E-state index contributed by atoms with van der Waals surface area (Å²) in [5.41, 5.74) is 13.6. The number of hydrogen-bond donors (Lipinski definition) is 3. The van der Waals surface area contributed by atoms with E-state index in [1.54, 1.807) is 0 Å². The summed E-state index contributed by atoms with van der Waals surface area (Å²) in [5, 5.41) is 2.77. The fourth-order valence-electron chi connectivity index (χ4n) is 1.66. The molecule has 0 radical (unpaired) electrons. The summed E-state index contributed by atoms with van der Waals surface area (Å²) in [6.07, 6.45) is 0. The van der Waals surface area contributed by atoms with Crippen LogP contribution in [-0.4, -0.2) is 11.7 Å². The molecule has 0 bridgehead atoms. The summed E-state index contributed by atoms with van der Waals surface area (Å²) in [7, 11) is 0. The van der Waals surface area contributed by atoms with Crippen molar-refractivity contribution in [3.63, 3.8) is 0 Å². The summed E-state index contributed by atoms with van der Waals surface area (Å²) in [6.45, 7) is 0.422. The molecule has 1 amide bonds. The Morgan fingerprint density at radius 3 is 2.80 bits per heavy atom. The average molecular weight is 223 g/mol. The normalized spacial score (nSPS) is 25.3. The molecule has 0 saturated carbocycles. The molecule has 1 heterocycles. The molecule has 5 N–H and O–H groups in total. The maximum Gasteiger partial charge on any atom is 0.232 e. The third-order valence-corrected chi connectivity index (χ3v) is 3.58. The van der Waals surface area contributed by atoms with Gasteiger partial charge in [0.1, 0.15) is 0 Å². The predicted molar refractivity (Wildman–Crippen MR) is 60.8 cm³/mol. The van der Waals surface area contributed by atoms with E-state index in [0.29, 0.717) is 12.3 Å². The van der Waals surface area contributed by atoms with E-state index in [4.69, 9.17) is 11.5 Å². The molecule has 1 fully saturated rings. The molecule has 15 heavy (non-hydrogen) atoms. The van der Waals surface area contributed by atoms with Gasteiger partial charge in [0.25, 0.3) is 0 Å². The Balaban J connectivity index is 2.40. The fraction of sp³-hybridized carbons (Fsp3) is 0.300. The van der Waals surface area contributed by atoms with Crippen molar-refractivity contribution in [1.82, 2.24) is 5.32 Å². The van der Waals surface area contributed by atoms with Crippen LogP contribution < -0.4 is 16.8 Å². The first-order chi connectivity index (χ1) is 7.15. The number of thioether (sulfide) groups is 1. The molecule has 1 aromatic rings. The molecular formula is C10H13N3OS. The van der Waals surface area contributed by atoms with E-state index in [9.17, 15) is 4.79 Å². The number of nitrogens with two attached hydrogens (primary N) is 2. The van der Waals surface area contributed by atoms with Crippen LogP contribution in [0.1, 0.15) is 11.1 Å². The molecule has 5 heteroatoms. The van der Waals surface area contributed by atoms with Gasteiger partial charge in [0.2, 0.25) is 5.91 Å². The lowest BCUT2D eigenvalue weighted by Crippen LogP contribution is -2.45. The van der Waals surface area contributed by atoms with E-state index in [-0.39, 0.29) is 5.91 Å². The molecule has 1 atom stereocenters. The zero-order valence-electron chi connectivity index (χ0n) is 8.19. The number of nitrogens with one attached hydrogen (secondary N) is 1. The highest BCUT2D eigenvalue weighted by atomic mass is 32.2. The van der Waals surface area contributed by atoms with E-state index in [1.807, 2.05) is 24.3 Å². The van der Waals surface area contributed by atoms with E-state index < -0.39 is 4.99 Å². The summed E-state index contributed by atoms with van der Waals surface area (Å²) in [5.74, 6) is 0.365. The third-order valence-electron chi connectivity index (χ3n) is 2.39. The highest BCUT2D eigenvalue weighted by Gasteiger charge is 2.37. The van der Waals surface area contributed by atoms with Crippen molar-refractivity contribution < 1.29 is 4.79 Å². The maximum atomic E-state index is 11.2.